The summed E-state index contributed by atoms with van der Waals surface area (Å²) < 4.78 is 0. The molecule has 0 unspecified atom stereocenters. The zero-order valence-electron chi connectivity index (χ0n) is 10.0. The number of benzene rings is 1. The number of carbonyl (C=O) groups excluding carboxylic acids is 1. The Kier molecular flexibility index (Phi) is 3.81. The van der Waals surface area contributed by atoms with Crippen molar-refractivity contribution in [3.8, 4) is 0 Å². The molecule has 0 aliphatic carbocycles. The molecule has 20 heavy (non-hydrogen) atoms. The molecule has 0 atom stereocenters. The molecule has 0 radical (unpaired) electrons. The van der Waals surface area contributed by atoms with E-state index in [9.17, 15) is 14.9 Å². The van der Waals surface area contributed by atoms with E-state index < -0.39 is 10.8 Å². The number of nitro groups is 1. The third-order valence-electron chi connectivity index (χ3n) is 2.40. The van der Waals surface area contributed by atoms with E-state index in [1.165, 1.54) is 36.4 Å². The number of amides is 1. The van der Waals surface area contributed by atoms with Crippen molar-refractivity contribution in [3.05, 3.63) is 57.2 Å². The first-order valence-electron chi connectivity index (χ1n) is 5.45. The largest absolute Gasteiger partial charge is 0.384 e. The van der Waals surface area contributed by atoms with Gasteiger partial charge in [0.15, 0.2) is 0 Å². The molecule has 102 valence electrons. The summed E-state index contributed by atoms with van der Waals surface area (Å²) in [6.07, 6.45) is 0. The topological polar surface area (TPSA) is 111 Å². The summed E-state index contributed by atoms with van der Waals surface area (Å²) in [6.45, 7) is 0. The third kappa shape index (κ3) is 3.01. The Bertz CT molecular complexity index is 690. The number of anilines is 2. The summed E-state index contributed by atoms with van der Waals surface area (Å²) >= 11 is 5.85. The Morgan fingerprint density at radius 3 is 2.80 bits per heavy atom. The second-order valence-corrected chi connectivity index (χ2v) is 4.24. The number of non-ortho nitro benzene ring substituents is 1. The Labute approximate surface area is 118 Å². The van der Waals surface area contributed by atoms with Crippen molar-refractivity contribution >= 4 is 34.7 Å². The molecule has 0 bridgehead atoms. The minimum atomic E-state index is -0.595. The lowest BCUT2D eigenvalue weighted by atomic mass is 10.2. The highest BCUT2D eigenvalue weighted by atomic mass is 35.5. The van der Waals surface area contributed by atoms with Gasteiger partial charge in [0.25, 0.3) is 11.6 Å². The SMILES string of the molecule is Nc1ccc(Cl)c(C(=O)Nc2cccc([N+](=O)[O-])c2)n1. The van der Waals surface area contributed by atoms with Crippen LogP contribution in [0.2, 0.25) is 5.02 Å². The van der Waals surface area contributed by atoms with Gasteiger partial charge in [0.1, 0.15) is 11.5 Å². The van der Waals surface area contributed by atoms with Crippen LogP contribution in [0.15, 0.2) is 36.4 Å². The Morgan fingerprint density at radius 2 is 2.10 bits per heavy atom. The lowest BCUT2D eigenvalue weighted by Crippen LogP contribution is -2.15. The summed E-state index contributed by atoms with van der Waals surface area (Å²) in [5, 5.41) is 13.3. The van der Waals surface area contributed by atoms with Crippen LogP contribution in [0.4, 0.5) is 17.2 Å². The molecule has 1 amide bonds. The molecule has 1 aromatic carbocycles. The average molecular weight is 293 g/mol. The van der Waals surface area contributed by atoms with E-state index in [4.69, 9.17) is 17.3 Å². The maximum Gasteiger partial charge on any atom is 0.275 e. The van der Waals surface area contributed by atoms with Gasteiger partial charge >= 0.3 is 0 Å². The summed E-state index contributed by atoms with van der Waals surface area (Å²) in [5.74, 6) is -0.443. The highest BCUT2D eigenvalue weighted by Gasteiger charge is 2.14. The van der Waals surface area contributed by atoms with Gasteiger partial charge in [0, 0.05) is 17.8 Å². The molecule has 0 saturated heterocycles. The Morgan fingerprint density at radius 1 is 1.35 bits per heavy atom. The first kappa shape index (κ1) is 13.8. The Balaban J connectivity index is 2.25. The molecule has 0 aliphatic heterocycles. The number of nitrogen functional groups attached to an aromatic ring is 1. The van der Waals surface area contributed by atoms with Gasteiger partial charge in [0.05, 0.1) is 9.95 Å². The van der Waals surface area contributed by atoms with E-state index in [0.717, 1.165) is 0 Å². The molecule has 2 rings (SSSR count). The summed E-state index contributed by atoms with van der Waals surface area (Å²) in [6, 6.07) is 8.45. The van der Waals surface area contributed by atoms with Crippen LogP contribution in [-0.4, -0.2) is 15.8 Å². The van der Waals surface area contributed by atoms with Crippen LogP contribution in [0, 0.1) is 10.1 Å². The monoisotopic (exact) mass is 292 g/mol. The first-order valence-corrected chi connectivity index (χ1v) is 5.83. The van der Waals surface area contributed by atoms with E-state index in [-0.39, 0.29) is 27.9 Å². The summed E-state index contributed by atoms with van der Waals surface area (Å²) in [4.78, 5) is 25.9. The van der Waals surface area contributed by atoms with E-state index >= 15 is 0 Å². The highest BCUT2D eigenvalue weighted by Crippen LogP contribution is 2.20. The number of hydrogen-bond acceptors (Lipinski definition) is 5. The predicted octanol–water partition coefficient (Wildman–Crippen LogP) is 2.48. The van der Waals surface area contributed by atoms with Crippen molar-refractivity contribution in [2.24, 2.45) is 0 Å². The molecule has 3 N–H and O–H groups in total. The van der Waals surface area contributed by atoms with E-state index in [0.29, 0.717) is 0 Å². The number of aromatic nitrogens is 1. The minimum absolute atomic E-state index is 0.0434. The van der Waals surface area contributed by atoms with Crippen LogP contribution >= 0.6 is 11.6 Å². The third-order valence-corrected chi connectivity index (χ3v) is 2.70. The average Bonchev–Trinajstić information content (AvgIpc) is 2.41. The van der Waals surface area contributed by atoms with Crippen LogP contribution in [0.25, 0.3) is 0 Å². The minimum Gasteiger partial charge on any atom is -0.384 e. The number of nitrogens with one attached hydrogen (secondary N) is 1. The molecule has 8 heteroatoms. The second-order valence-electron chi connectivity index (χ2n) is 3.83. The number of hydrogen-bond donors (Lipinski definition) is 2. The van der Waals surface area contributed by atoms with Crippen molar-refractivity contribution in [3.63, 3.8) is 0 Å². The molecular weight excluding hydrogens is 284 g/mol. The standard InChI is InChI=1S/C12H9ClN4O3/c13-9-4-5-10(14)16-11(9)12(18)15-7-2-1-3-8(6-7)17(19)20/h1-6H,(H2,14,16)(H,15,18). The highest BCUT2D eigenvalue weighted by molar-refractivity contribution is 6.34. The van der Waals surface area contributed by atoms with E-state index in [1.807, 2.05) is 0 Å². The van der Waals surface area contributed by atoms with Gasteiger partial charge < -0.3 is 11.1 Å². The predicted molar refractivity (Wildman–Crippen MR) is 74.7 cm³/mol. The number of halogens is 1. The fourth-order valence-corrected chi connectivity index (χ4v) is 1.70. The molecular formula is C12H9ClN4O3. The fraction of sp³-hybridized carbons (Fsp3) is 0. The van der Waals surface area contributed by atoms with Gasteiger partial charge in [-0.15, -0.1) is 0 Å². The van der Waals surface area contributed by atoms with Crippen molar-refractivity contribution in [2.45, 2.75) is 0 Å². The fourth-order valence-electron chi connectivity index (χ4n) is 1.50. The van der Waals surface area contributed by atoms with E-state index in [2.05, 4.69) is 10.3 Å². The number of nitrogens with two attached hydrogens (primary N) is 1. The van der Waals surface area contributed by atoms with Gasteiger partial charge in [0.2, 0.25) is 0 Å². The molecule has 1 heterocycles. The number of nitro benzene ring substituents is 1. The summed E-state index contributed by atoms with van der Waals surface area (Å²) in [7, 11) is 0. The summed E-state index contributed by atoms with van der Waals surface area (Å²) in [5.41, 5.74) is 5.58. The van der Waals surface area contributed by atoms with Crippen molar-refractivity contribution < 1.29 is 9.72 Å². The molecule has 0 fully saturated rings. The quantitative estimate of drug-likeness (QED) is 0.667. The molecule has 0 aliphatic rings. The van der Waals surface area contributed by atoms with Crippen LogP contribution in [-0.2, 0) is 0 Å². The maximum absolute atomic E-state index is 12.0. The first-order chi connectivity index (χ1) is 9.47. The molecule has 1 aromatic heterocycles. The van der Waals surface area contributed by atoms with Crippen LogP contribution in [0.5, 0.6) is 0 Å². The van der Waals surface area contributed by atoms with Gasteiger partial charge in [-0.3, -0.25) is 14.9 Å². The number of carbonyl (C=O) groups is 1. The van der Waals surface area contributed by atoms with E-state index in [1.54, 1.807) is 0 Å². The molecule has 0 spiro atoms. The zero-order valence-corrected chi connectivity index (χ0v) is 10.8. The number of nitrogens with zero attached hydrogens (tertiary/aromatic N) is 2. The molecule has 7 nitrogen and oxygen atoms in total. The van der Waals surface area contributed by atoms with Crippen molar-refractivity contribution in [1.82, 2.24) is 4.98 Å². The zero-order chi connectivity index (χ0) is 14.7. The van der Waals surface area contributed by atoms with Crippen LogP contribution < -0.4 is 11.1 Å². The van der Waals surface area contributed by atoms with Gasteiger partial charge in [-0.05, 0) is 18.2 Å². The van der Waals surface area contributed by atoms with Crippen LogP contribution in [0.3, 0.4) is 0 Å². The smallest absolute Gasteiger partial charge is 0.275 e. The van der Waals surface area contributed by atoms with Crippen molar-refractivity contribution in [2.75, 3.05) is 11.1 Å². The lowest BCUT2D eigenvalue weighted by molar-refractivity contribution is -0.384. The molecule has 0 saturated carbocycles. The Hall–Kier alpha value is -2.67. The number of pyridine rings is 1. The lowest BCUT2D eigenvalue weighted by Gasteiger charge is -2.06. The normalized spacial score (nSPS) is 10.1. The second kappa shape index (κ2) is 5.54. The van der Waals surface area contributed by atoms with Gasteiger partial charge in [-0.2, -0.15) is 0 Å². The van der Waals surface area contributed by atoms with Crippen LogP contribution in [0.1, 0.15) is 10.5 Å². The molecule has 2 aromatic rings. The van der Waals surface area contributed by atoms with Crippen molar-refractivity contribution in [1.29, 1.82) is 0 Å². The maximum atomic E-state index is 12.0. The van der Waals surface area contributed by atoms with Gasteiger partial charge in [-0.25, -0.2) is 4.98 Å². The van der Waals surface area contributed by atoms with Gasteiger partial charge in [-0.1, -0.05) is 17.7 Å². The number of rotatable bonds is 3.